The van der Waals surface area contributed by atoms with Crippen molar-refractivity contribution in [3.8, 4) is 0 Å². The van der Waals surface area contributed by atoms with E-state index in [1.807, 2.05) is 11.8 Å². The van der Waals surface area contributed by atoms with Crippen LogP contribution >= 0.6 is 11.8 Å². The maximum Gasteiger partial charge on any atom is 0.281 e. The molecule has 0 aromatic carbocycles. The third-order valence-corrected chi connectivity index (χ3v) is 2.59. The van der Waals surface area contributed by atoms with Crippen molar-refractivity contribution in [3.05, 3.63) is 0 Å². The van der Waals surface area contributed by atoms with Crippen molar-refractivity contribution in [1.82, 2.24) is 4.90 Å². The minimum atomic E-state index is 0.248. The SMILES string of the molecule is CCCCN(CCC)C(=O)SCC. The molecule has 0 saturated carbocycles. The quantitative estimate of drug-likeness (QED) is 0.659. The highest BCUT2D eigenvalue weighted by Gasteiger charge is 2.10. The Hall–Kier alpha value is -0.180. The van der Waals surface area contributed by atoms with Crippen molar-refractivity contribution in [2.75, 3.05) is 18.8 Å². The van der Waals surface area contributed by atoms with Crippen LogP contribution in [-0.2, 0) is 0 Å². The summed E-state index contributed by atoms with van der Waals surface area (Å²) in [6.45, 7) is 8.12. The highest BCUT2D eigenvalue weighted by Crippen LogP contribution is 2.09. The van der Waals surface area contributed by atoms with Crippen LogP contribution in [0, 0.1) is 0 Å². The predicted molar refractivity (Wildman–Crippen MR) is 60.3 cm³/mol. The fraction of sp³-hybridized carbons (Fsp3) is 0.900. The minimum absolute atomic E-state index is 0.248. The number of amides is 1. The van der Waals surface area contributed by atoms with E-state index in [9.17, 15) is 4.79 Å². The van der Waals surface area contributed by atoms with Crippen molar-refractivity contribution >= 4 is 17.0 Å². The number of hydrogen-bond donors (Lipinski definition) is 0. The molecule has 0 aromatic rings. The molecule has 78 valence electrons. The van der Waals surface area contributed by atoms with E-state index in [1.54, 1.807) is 0 Å². The molecule has 0 atom stereocenters. The van der Waals surface area contributed by atoms with E-state index in [2.05, 4.69) is 13.8 Å². The summed E-state index contributed by atoms with van der Waals surface area (Å²) in [6, 6.07) is 0. The van der Waals surface area contributed by atoms with Gasteiger partial charge in [0.1, 0.15) is 0 Å². The monoisotopic (exact) mass is 203 g/mol. The second kappa shape index (κ2) is 8.42. The molecular weight excluding hydrogens is 182 g/mol. The molecule has 0 bridgehead atoms. The van der Waals surface area contributed by atoms with Gasteiger partial charge in [-0.05, 0) is 18.6 Å². The molecule has 0 heterocycles. The Labute approximate surface area is 86.1 Å². The van der Waals surface area contributed by atoms with Crippen LogP contribution in [0.1, 0.15) is 40.0 Å². The summed E-state index contributed by atoms with van der Waals surface area (Å²) in [5, 5.41) is 0.248. The Bertz CT molecular complexity index is 139. The Morgan fingerprint density at radius 1 is 1.15 bits per heavy atom. The van der Waals surface area contributed by atoms with Gasteiger partial charge < -0.3 is 4.90 Å². The van der Waals surface area contributed by atoms with E-state index in [0.29, 0.717) is 0 Å². The molecular formula is C10H21NOS. The molecule has 0 rings (SSSR count). The number of carbonyl (C=O) groups is 1. The van der Waals surface area contributed by atoms with E-state index < -0.39 is 0 Å². The fourth-order valence-electron chi connectivity index (χ4n) is 1.13. The van der Waals surface area contributed by atoms with Crippen molar-refractivity contribution in [3.63, 3.8) is 0 Å². The third-order valence-electron chi connectivity index (χ3n) is 1.80. The molecule has 3 heteroatoms. The number of carbonyl (C=O) groups excluding carboxylic acids is 1. The first-order chi connectivity index (χ1) is 6.26. The maximum absolute atomic E-state index is 11.5. The summed E-state index contributed by atoms with van der Waals surface area (Å²) >= 11 is 1.42. The lowest BCUT2D eigenvalue weighted by Crippen LogP contribution is -2.29. The molecule has 0 aliphatic carbocycles. The second-order valence-electron chi connectivity index (χ2n) is 3.04. The fourth-order valence-corrected chi connectivity index (χ4v) is 1.74. The molecule has 0 saturated heterocycles. The molecule has 0 fully saturated rings. The molecule has 2 nitrogen and oxygen atoms in total. The zero-order chi connectivity index (χ0) is 10.1. The van der Waals surface area contributed by atoms with Gasteiger partial charge in [0.05, 0.1) is 0 Å². The van der Waals surface area contributed by atoms with Crippen LogP contribution < -0.4 is 0 Å². The molecule has 1 amide bonds. The smallest absolute Gasteiger partial charge is 0.281 e. The van der Waals surface area contributed by atoms with Gasteiger partial charge in [-0.3, -0.25) is 4.79 Å². The summed E-state index contributed by atoms with van der Waals surface area (Å²) in [5.41, 5.74) is 0. The summed E-state index contributed by atoms with van der Waals surface area (Å²) in [7, 11) is 0. The molecule has 0 aromatic heterocycles. The van der Waals surface area contributed by atoms with Gasteiger partial charge in [0.2, 0.25) is 0 Å². The summed E-state index contributed by atoms with van der Waals surface area (Å²) in [5.74, 6) is 0.880. The highest BCUT2D eigenvalue weighted by atomic mass is 32.2. The lowest BCUT2D eigenvalue weighted by Gasteiger charge is -2.20. The number of nitrogens with zero attached hydrogens (tertiary/aromatic N) is 1. The van der Waals surface area contributed by atoms with Crippen molar-refractivity contribution < 1.29 is 4.79 Å². The largest absolute Gasteiger partial charge is 0.334 e. The highest BCUT2D eigenvalue weighted by molar-refractivity contribution is 8.13. The molecule has 0 radical (unpaired) electrons. The maximum atomic E-state index is 11.5. The zero-order valence-electron chi connectivity index (χ0n) is 9.01. The predicted octanol–water partition coefficient (Wildman–Crippen LogP) is 3.37. The van der Waals surface area contributed by atoms with E-state index in [0.717, 1.165) is 38.1 Å². The lowest BCUT2D eigenvalue weighted by molar-refractivity contribution is 0.222. The van der Waals surface area contributed by atoms with E-state index in [1.165, 1.54) is 11.8 Å². The summed E-state index contributed by atoms with van der Waals surface area (Å²) in [6.07, 6.45) is 3.33. The van der Waals surface area contributed by atoms with Crippen LogP contribution in [0.25, 0.3) is 0 Å². The van der Waals surface area contributed by atoms with Gasteiger partial charge in [0.25, 0.3) is 5.24 Å². The average Bonchev–Trinajstić information content (AvgIpc) is 2.12. The van der Waals surface area contributed by atoms with Crippen LogP contribution in [0.15, 0.2) is 0 Å². The van der Waals surface area contributed by atoms with Crippen LogP contribution in [0.4, 0.5) is 4.79 Å². The van der Waals surface area contributed by atoms with Gasteiger partial charge >= 0.3 is 0 Å². The third kappa shape index (κ3) is 5.97. The standard InChI is InChI=1S/C10H21NOS/c1-4-7-9-11(8-5-2)10(12)13-6-3/h4-9H2,1-3H3. The first kappa shape index (κ1) is 12.8. The van der Waals surface area contributed by atoms with E-state index in [4.69, 9.17) is 0 Å². The molecule has 0 unspecified atom stereocenters. The second-order valence-corrected chi connectivity index (χ2v) is 4.25. The first-order valence-electron chi connectivity index (χ1n) is 5.17. The number of thioether (sulfide) groups is 1. The minimum Gasteiger partial charge on any atom is -0.334 e. The van der Waals surface area contributed by atoms with Gasteiger partial charge in [-0.25, -0.2) is 0 Å². The van der Waals surface area contributed by atoms with Crippen molar-refractivity contribution in [1.29, 1.82) is 0 Å². The lowest BCUT2D eigenvalue weighted by atomic mass is 10.3. The van der Waals surface area contributed by atoms with E-state index >= 15 is 0 Å². The zero-order valence-corrected chi connectivity index (χ0v) is 9.82. The molecule has 0 N–H and O–H groups in total. The molecule has 0 aliphatic rings. The number of unbranched alkanes of at least 4 members (excludes halogenated alkanes) is 1. The van der Waals surface area contributed by atoms with Gasteiger partial charge in [-0.15, -0.1) is 0 Å². The first-order valence-corrected chi connectivity index (χ1v) is 6.16. The van der Waals surface area contributed by atoms with Gasteiger partial charge in [0, 0.05) is 13.1 Å². The molecule has 13 heavy (non-hydrogen) atoms. The summed E-state index contributed by atoms with van der Waals surface area (Å²) in [4.78, 5) is 13.5. The molecule has 0 aliphatic heterocycles. The Morgan fingerprint density at radius 3 is 2.31 bits per heavy atom. The van der Waals surface area contributed by atoms with Gasteiger partial charge in [0.15, 0.2) is 0 Å². The number of hydrogen-bond acceptors (Lipinski definition) is 2. The normalized spacial score (nSPS) is 10.1. The number of rotatable bonds is 6. The van der Waals surface area contributed by atoms with Crippen LogP contribution in [0.5, 0.6) is 0 Å². The van der Waals surface area contributed by atoms with Crippen LogP contribution in [-0.4, -0.2) is 29.0 Å². The van der Waals surface area contributed by atoms with Crippen LogP contribution in [0.2, 0.25) is 0 Å². The van der Waals surface area contributed by atoms with Crippen LogP contribution in [0.3, 0.4) is 0 Å². The topological polar surface area (TPSA) is 20.3 Å². The van der Waals surface area contributed by atoms with Crippen molar-refractivity contribution in [2.24, 2.45) is 0 Å². The van der Waals surface area contributed by atoms with Gasteiger partial charge in [-0.2, -0.15) is 0 Å². The Balaban J connectivity index is 3.83. The summed E-state index contributed by atoms with van der Waals surface area (Å²) < 4.78 is 0. The van der Waals surface area contributed by atoms with Gasteiger partial charge in [-0.1, -0.05) is 39.0 Å². The Morgan fingerprint density at radius 2 is 1.85 bits per heavy atom. The van der Waals surface area contributed by atoms with Crippen molar-refractivity contribution in [2.45, 2.75) is 40.0 Å². The average molecular weight is 203 g/mol. The van der Waals surface area contributed by atoms with E-state index in [-0.39, 0.29) is 5.24 Å². The Kier molecular flexibility index (Phi) is 8.30. The molecule has 0 spiro atoms.